The van der Waals surface area contributed by atoms with Crippen LogP contribution in [0.3, 0.4) is 0 Å². The smallest absolute Gasteiger partial charge is 0.0724 e. The fraction of sp³-hybridized carbons (Fsp3) is 0.600. The van der Waals surface area contributed by atoms with Crippen LogP contribution in [0.2, 0.25) is 0 Å². The molecule has 2 atom stereocenters. The first-order valence-corrected chi connectivity index (χ1v) is 6.61. The van der Waals surface area contributed by atoms with Crippen LogP contribution in [0.25, 0.3) is 0 Å². The maximum atomic E-state index is 5.57. The van der Waals surface area contributed by atoms with Crippen LogP contribution in [-0.4, -0.2) is 25.8 Å². The lowest BCUT2D eigenvalue weighted by atomic mass is 9.99. The highest BCUT2D eigenvalue weighted by Gasteiger charge is 2.18. The molecule has 0 fully saturated rings. The van der Waals surface area contributed by atoms with Crippen molar-refractivity contribution < 1.29 is 4.74 Å². The number of hydrogen-bond donors (Lipinski definition) is 1. The molecule has 0 amide bonds. The lowest BCUT2D eigenvalue weighted by Crippen LogP contribution is -2.42. The topological polar surface area (TPSA) is 21.3 Å². The third kappa shape index (κ3) is 4.88. The molecule has 1 aromatic rings. The van der Waals surface area contributed by atoms with Crippen LogP contribution in [0.4, 0.5) is 0 Å². The summed E-state index contributed by atoms with van der Waals surface area (Å²) >= 11 is 0. The molecule has 0 saturated heterocycles. The van der Waals surface area contributed by atoms with Gasteiger partial charge >= 0.3 is 0 Å². The van der Waals surface area contributed by atoms with Gasteiger partial charge in [-0.15, -0.1) is 0 Å². The molecule has 2 nitrogen and oxygen atoms in total. The highest BCUT2D eigenvalue weighted by Crippen LogP contribution is 2.10. The predicted molar refractivity (Wildman–Crippen MR) is 73.3 cm³/mol. The van der Waals surface area contributed by atoms with E-state index in [-0.39, 0.29) is 0 Å². The number of rotatable bonds is 8. The Morgan fingerprint density at radius 1 is 1.18 bits per heavy atom. The van der Waals surface area contributed by atoms with Crippen molar-refractivity contribution in [3.05, 3.63) is 35.9 Å². The molecule has 0 spiro atoms. The van der Waals surface area contributed by atoms with Crippen LogP contribution in [0.5, 0.6) is 0 Å². The van der Waals surface area contributed by atoms with Crippen LogP contribution in [0.15, 0.2) is 30.3 Å². The van der Waals surface area contributed by atoms with Crippen LogP contribution >= 0.6 is 0 Å². The summed E-state index contributed by atoms with van der Waals surface area (Å²) in [6.45, 7) is 5.43. The van der Waals surface area contributed by atoms with Gasteiger partial charge in [0.1, 0.15) is 0 Å². The standard InChI is InChI=1S/C15H25NO/c1-4-11-16-14(15(5-2)17-3)12-13-9-7-6-8-10-13/h6-10,14-16H,4-5,11-12H2,1-3H3. The number of benzene rings is 1. The monoisotopic (exact) mass is 235 g/mol. The summed E-state index contributed by atoms with van der Waals surface area (Å²) in [6, 6.07) is 11.0. The summed E-state index contributed by atoms with van der Waals surface area (Å²) in [4.78, 5) is 0. The van der Waals surface area contributed by atoms with E-state index in [2.05, 4.69) is 49.5 Å². The molecule has 0 bridgehead atoms. The Kier molecular flexibility index (Phi) is 6.90. The van der Waals surface area contributed by atoms with Crippen molar-refractivity contribution in [3.8, 4) is 0 Å². The second kappa shape index (κ2) is 8.26. The van der Waals surface area contributed by atoms with Crippen molar-refractivity contribution in [3.63, 3.8) is 0 Å². The van der Waals surface area contributed by atoms with E-state index in [1.807, 2.05) is 0 Å². The van der Waals surface area contributed by atoms with Gasteiger partial charge in [-0.25, -0.2) is 0 Å². The van der Waals surface area contributed by atoms with Crippen LogP contribution in [-0.2, 0) is 11.2 Å². The largest absolute Gasteiger partial charge is 0.380 e. The molecular weight excluding hydrogens is 210 g/mol. The van der Waals surface area contributed by atoms with Crippen molar-refractivity contribution in [2.45, 2.75) is 45.3 Å². The fourth-order valence-corrected chi connectivity index (χ4v) is 2.15. The summed E-state index contributed by atoms with van der Waals surface area (Å²) in [5.74, 6) is 0. The summed E-state index contributed by atoms with van der Waals surface area (Å²) in [7, 11) is 1.81. The van der Waals surface area contributed by atoms with E-state index in [4.69, 9.17) is 4.74 Å². The van der Waals surface area contributed by atoms with Crippen molar-refractivity contribution in [2.24, 2.45) is 0 Å². The zero-order valence-corrected chi connectivity index (χ0v) is 11.3. The molecule has 0 radical (unpaired) electrons. The molecule has 0 aromatic heterocycles. The minimum atomic E-state index is 0.293. The van der Waals surface area contributed by atoms with E-state index in [1.54, 1.807) is 7.11 Å². The number of ether oxygens (including phenoxy) is 1. The SMILES string of the molecule is CCCNC(Cc1ccccc1)C(CC)OC. The molecule has 0 aliphatic heterocycles. The molecule has 96 valence electrons. The van der Waals surface area contributed by atoms with E-state index in [1.165, 1.54) is 5.56 Å². The molecule has 0 aliphatic rings. The maximum absolute atomic E-state index is 5.57. The van der Waals surface area contributed by atoms with Gasteiger partial charge in [-0.1, -0.05) is 44.2 Å². The number of methoxy groups -OCH3 is 1. The highest BCUT2D eigenvalue weighted by molar-refractivity contribution is 5.16. The Morgan fingerprint density at radius 2 is 1.88 bits per heavy atom. The van der Waals surface area contributed by atoms with Gasteiger partial charge in [0.2, 0.25) is 0 Å². The molecule has 2 unspecified atom stereocenters. The zero-order chi connectivity index (χ0) is 12.5. The Morgan fingerprint density at radius 3 is 2.41 bits per heavy atom. The van der Waals surface area contributed by atoms with Crippen LogP contribution in [0, 0.1) is 0 Å². The Bertz CT molecular complexity index is 282. The maximum Gasteiger partial charge on any atom is 0.0724 e. The van der Waals surface area contributed by atoms with Gasteiger partial charge < -0.3 is 10.1 Å². The summed E-state index contributed by atoms with van der Waals surface area (Å²) in [5, 5.41) is 3.59. The first-order chi connectivity index (χ1) is 8.31. The molecular formula is C15H25NO. The first kappa shape index (κ1) is 14.2. The Labute approximate surface area is 105 Å². The average Bonchev–Trinajstić information content (AvgIpc) is 2.38. The van der Waals surface area contributed by atoms with Gasteiger partial charge in [-0.3, -0.25) is 0 Å². The summed E-state index contributed by atoms with van der Waals surface area (Å²) < 4.78 is 5.57. The van der Waals surface area contributed by atoms with E-state index < -0.39 is 0 Å². The second-order valence-corrected chi connectivity index (χ2v) is 4.43. The predicted octanol–water partition coefficient (Wildman–Crippen LogP) is 3.02. The molecule has 1 rings (SSSR count). The van der Waals surface area contributed by atoms with E-state index in [0.29, 0.717) is 12.1 Å². The third-order valence-electron chi connectivity index (χ3n) is 3.11. The summed E-state index contributed by atoms with van der Waals surface area (Å²) in [5.41, 5.74) is 1.37. The molecule has 17 heavy (non-hydrogen) atoms. The Balaban J connectivity index is 2.62. The van der Waals surface area contributed by atoms with Crippen molar-refractivity contribution in [2.75, 3.05) is 13.7 Å². The van der Waals surface area contributed by atoms with Gasteiger partial charge in [0, 0.05) is 13.2 Å². The lowest BCUT2D eigenvalue weighted by molar-refractivity contribution is 0.0653. The minimum Gasteiger partial charge on any atom is -0.380 e. The molecule has 0 saturated carbocycles. The van der Waals surface area contributed by atoms with Gasteiger partial charge in [0.15, 0.2) is 0 Å². The van der Waals surface area contributed by atoms with Crippen molar-refractivity contribution in [1.29, 1.82) is 0 Å². The number of nitrogens with one attached hydrogen (secondary N) is 1. The van der Waals surface area contributed by atoms with E-state index in [0.717, 1.165) is 25.8 Å². The number of hydrogen-bond acceptors (Lipinski definition) is 2. The van der Waals surface area contributed by atoms with Crippen LogP contribution in [0.1, 0.15) is 32.3 Å². The Hall–Kier alpha value is -0.860. The molecule has 2 heteroatoms. The molecule has 1 aromatic carbocycles. The van der Waals surface area contributed by atoms with E-state index in [9.17, 15) is 0 Å². The zero-order valence-electron chi connectivity index (χ0n) is 11.3. The van der Waals surface area contributed by atoms with Crippen molar-refractivity contribution >= 4 is 0 Å². The van der Waals surface area contributed by atoms with Crippen LogP contribution < -0.4 is 5.32 Å². The highest BCUT2D eigenvalue weighted by atomic mass is 16.5. The van der Waals surface area contributed by atoms with Gasteiger partial charge in [0.25, 0.3) is 0 Å². The van der Waals surface area contributed by atoms with Gasteiger partial charge in [-0.2, -0.15) is 0 Å². The summed E-state index contributed by atoms with van der Waals surface area (Å²) in [6.07, 6.45) is 3.53. The van der Waals surface area contributed by atoms with E-state index >= 15 is 0 Å². The molecule has 0 aliphatic carbocycles. The quantitative estimate of drug-likeness (QED) is 0.748. The fourth-order valence-electron chi connectivity index (χ4n) is 2.15. The molecule has 0 heterocycles. The first-order valence-electron chi connectivity index (χ1n) is 6.61. The minimum absolute atomic E-state index is 0.293. The average molecular weight is 235 g/mol. The second-order valence-electron chi connectivity index (χ2n) is 4.43. The normalized spacial score (nSPS) is 14.5. The van der Waals surface area contributed by atoms with Gasteiger partial charge in [-0.05, 0) is 31.4 Å². The lowest BCUT2D eigenvalue weighted by Gasteiger charge is -2.26. The molecule has 1 N–H and O–H groups in total. The third-order valence-corrected chi connectivity index (χ3v) is 3.11. The van der Waals surface area contributed by atoms with Crippen molar-refractivity contribution in [1.82, 2.24) is 5.32 Å². The van der Waals surface area contributed by atoms with Gasteiger partial charge in [0.05, 0.1) is 6.10 Å².